The number of hydrogen-bond acceptors (Lipinski definition) is 4. The first kappa shape index (κ1) is 20.7. The monoisotopic (exact) mass is 408 g/mol. The molecule has 0 aromatic heterocycles. The van der Waals surface area contributed by atoms with E-state index in [0.717, 1.165) is 5.56 Å². The van der Waals surface area contributed by atoms with Gasteiger partial charge in [0.1, 0.15) is 6.04 Å². The van der Waals surface area contributed by atoms with Crippen molar-refractivity contribution in [2.45, 2.75) is 19.9 Å². The van der Waals surface area contributed by atoms with Crippen LogP contribution in [0.2, 0.25) is 10.0 Å². The maximum absolute atomic E-state index is 12.1. The Morgan fingerprint density at radius 1 is 1.07 bits per heavy atom. The van der Waals surface area contributed by atoms with E-state index in [1.807, 2.05) is 6.92 Å². The highest BCUT2D eigenvalue weighted by Gasteiger charge is 2.20. The highest BCUT2D eigenvalue weighted by Crippen LogP contribution is 2.22. The Bertz CT molecular complexity index is 871. The molecule has 2 amide bonds. The van der Waals surface area contributed by atoms with Gasteiger partial charge in [0.05, 0.1) is 21.3 Å². The lowest BCUT2D eigenvalue weighted by Gasteiger charge is -2.14. The van der Waals surface area contributed by atoms with Gasteiger partial charge in [-0.2, -0.15) is 0 Å². The summed E-state index contributed by atoms with van der Waals surface area (Å²) in [4.78, 5) is 36.0. The minimum atomic E-state index is -0.954. The number of halogens is 2. The second-order valence-electron chi connectivity index (χ2n) is 5.81. The number of hydrogen-bond donors (Lipinski definition) is 2. The van der Waals surface area contributed by atoms with Gasteiger partial charge in [-0.3, -0.25) is 9.59 Å². The largest absolute Gasteiger partial charge is 0.454 e. The Morgan fingerprint density at radius 2 is 1.78 bits per heavy atom. The molecular weight excluding hydrogens is 391 g/mol. The number of benzene rings is 2. The average molecular weight is 409 g/mol. The van der Waals surface area contributed by atoms with Crippen LogP contribution < -0.4 is 10.6 Å². The van der Waals surface area contributed by atoms with Crippen molar-refractivity contribution in [3.8, 4) is 0 Å². The number of esters is 1. The Balaban J connectivity index is 1.84. The lowest BCUT2D eigenvalue weighted by molar-refractivity contribution is -0.148. The average Bonchev–Trinajstić information content (AvgIpc) is 2.62. The van der Waals surface area contributed by atoms with Crippen LogP contribution in [-0.2, 0) is 14.3 Å². The third-order valence-electron chi connectivity index (χ3n) is 3.56. The predicted octanol–water partition coefficient (Wildman–Crippen LogP) is 3.60. The van der Waals surface area contributed by atoms with Crippen molar-refractivity contribution in [3.05, 3.63) is 63.6 Å². The third-order valence-corrected chi connectivity index (χ3v) is 4.21. The number of aryl methyl sites for hydroxylation is 1. The highest BCUT2D eigenvalue weighted by atomic mass is 35.5. The van der Waals surface area contributed by atoms with Crippen LogP contribution in [0.1, 0.15) is 22.8 Å². The number of rotatable bonds is 6. The molecule has 0 fully saturated rings. The Hall–Kier alpha value is -2.57. The summed E-state index contributed by atoms with van der Waals surface area (Å²) in [5.74, 6) is -1.81. The van der Waals surface area contributed by atoms with Crippen LogP contribution in [-0.4, -0.2) is 30.4 Å². The maximum Gasteiger partial charge on any atom is 0.328 e. The molecule has 8 heteroatoms. The number of carbonyl (C=O) groups excluding carboxylic acids is 3. The van der Waals surface area contributed by atoms with Crippen LogP contribution in [0.5, 0.6) is 0 Å². The topological polar surface area (TPSA) is 84.5 Å². The van der Waals surface area contributed by atoms with Crippen LogP contribution in [0.25, 0.3) is 0 Å². The van der Waals surface area contributed by atoms with Crippen LogP contribution in [0.4, 0.5) is 5.69 Å². The van der Waals surface area contributed by atoms with Crippen molar-refractivity contribution < 1.29 is 19.1 Å². The predicted molar refractivity (Wildman–Crippen MR) is 104 cm³/mol. The van der Waals surface area contributed by atoms with Crippen molar-refractivity contribution in [3.63, 3.8) is 0 Å². The van der Waals surface area contributed by atoms with Crippen LogP contribution in [0.15, 0.2) is 42.5 Å². The van der Waals surface area contributed by atoms with Gasteiger partial charge in [0.2, 0.25) is 0 Å². The van der Waals surface area contributed by atoms with Crippen molar-refractivity contribution in [1.82, 2.24) is 5.32 Å². The molecular formula is C19H18Cl2N2O4. The molecule has 0 bridgehead atoms. The summed E-state index contributed by atoms with van der Waals surface area (Å²) in [6.07, 6.45) is 0. The number of ether oxygens (including phenoxy) is 1. The van der Waals surface area contributed by atoms with Gasteiger partial charge in [-0.05, 0) is 43.7 Å². The standard InChI is InChI=1S/C19H18Cl2N2O4/c1-11-7-8-16(15(21)9-11)23-17(24)10-27-19(26)12(2)22-18(25)13-5-3-4-6-14(13)20/h3-9,12H,10H2,1-2H3,(H,22,25)(H,23,24)/t12-/m0/s1. The van der Waals surface area contributed by atoms with Gasteiger partial charge in [-0.1, -0.05) is 41.4 Å². The van der Waals surface area contributed by atoms with Gasteiger partial charge in [-0.25, -0.2) is 4.79 Å². The van der Waals surface area contributed by atoms with Gasteiger partial charge >= 0.3 is 5.97 Å². The van der Waals surface area contributed by atoms with E-state index in [0.29, 0.717) is 10.7 Å². The van der Waals surface area contributed by atoms with Gasteiger partial charge in [-0.15, -0.1) is 0 Å². The zero-order valence-corrected chi connectivity index (χ0v) is 16.2. The summed E-state index contributed by atoms with van der Waals surface area (Å²) in [5, 5.41) is 5.68. The number of nitrogens with one attached hydrogen (secondary N) is 2. The van der Waals surface area contributed by atoms with Gasteiger partial charge < -0.3 is 15.4 Å². The maximum atomic E-state index is 12.1. The first-order chi connectivity index (χ1) is 12.8. The van der Waals surface area contributed by atoms with Crippen LogP contribution >= 0.6 is 23.2 Å². The molecule has 6 nitrogen and oxygen atoms in total. The fourth-order valence-corrected chi connectivity index (χ4v) is 2.65. The molecule has 27 heavy (non-hydrogen) atoms. The minimum Gasteiger partial charge on any atom is -0.454 e. The van der Waals surface area contributed by atoms with Crippen molar-refractivity contribution in [2.75, 3.05) is 11.9 Å². The van der Waals surface area contributed by atoms with E-state index in [-0.39, 0.29) is 10.6 Å². The fourth-order valence-electron chi connectivity index (χ4n) is 2.15. The molecule has 2 N–H and O–H groups in total. The molecule has 0 spiro atoms. The van der Waals surface area contributed by atoms with Crippen molar-refractivity contribution in [1.29, 1.82) is 0 Å². The number of carbonyl (C=O) groups is 3. The molecule has 2 rings (SSSR count). The molecule has 0 unspecified atom stereocenters. The molecule has 0 saturated carbocycles. The minimum absolute atomic E-state index is 0.241. The van der Waals surface area contributed by atoms with Crippen LogP contribution in [0.3, 0.4) is 0 Å². The molecule has 2 aromatic rings. The second-order valence-corrected chi connectivity index (χ2v) is 6.63. The Kier molecular flexibility index (Phi) is 7.21. The van der Waals surface area contributed by atoms with E-state index in [2.05, 4.69) is 10.6 Å². The number of anilines is 1. The zero-order valence-electron chi connectivity index (χ0n) is 14.7. The summed E-state index contributed by atoms with van der Waals surface area (Å²) in [6.45, 7) is 2.82. The van der Waals surface area contributed by atoms with Gasteiger partial charge in [0.15, 0.2) is 6.61 Å². The fraction of sp³-hybridized carbons (Fsp3) is 0.211. The first-order valence-electron chi connectivity index (χ1n) is 8.06. The molecule has 1 atom stereocenters. The molecule has 0 aliphatic rings. The SMILES string of the molecule is Cc1ccc(NC(=O)COC(=O)[C@H](C)NC(=O)c2ccccc2Cl)c(Cl)c1. The van der Waals surface area contributed by atoms with Crippen LogP contribution in [0, 0.1) is 6.92 Å². The van der Waals surface area contributed by atoms with Crippen molar-refractivity contribution in [2.24, 2.45) is 0 Å². The molecule has 0 saturated heterocycles. The van der Waals surface area contributed by atoms with Gasteiger partial charge in [0.25, 0.3) is 11.8 Å². The lowest BCUT2D eigenvalue weighted by Crippen LogP contribution is -2.40. The van der Waals surface area contributed by atoms with Gasteiger partial charge in [0, 0.05) is 0 Å². The Labute approximate surface area is 166 Å². The lowest BCUT2D eigenvalue weighted by atomic mass is 10.2. The molecule has 142 valence electrons. The van der Waals surface area contributed by atoms with E-state index in [4.69, 9.17) is 27.9 Å². The highest BCUT2D eigenvalue weighted by molar-refractivity contribution is 6.34. The normalized spacial score (nSPS) is 11.4. The molecule has 0 radical (unpaired) electrons. The molecule has 0 heterocycles. The molecule has 0 aliphatic carbocycles. The quantitative estimate of drug-likeness (QED) is 0.714. The van der Waals surface area contributed by atoms with Crippen molar-refractivity contribution >= 4 is 46.7 Å². The summed E-state index contributed by atoms with van der Waals surface area (Å²) >= 11 is 12.0. The molecule has 0 aliphatic heterocycles. The summed E-state index contributed by atoms with van der Waals surface area (Å²) in [6, 6.07) is 10.7. The smallest absolute Gasteiger partial charge is 0.328 e. The number of amides is 2. The van der Waals surface area contributed by atoms with E-state index < -0.39 is 30.4 Å². The molecule has 2 aromatic carbocycles. The van der Waals surface area contributed by atoms with E-state index in [1.54, 1.807) is 36.4 Å². The second kappa shape index (κ2) is 9.39. The first-order valence-corrected chi connectivity index (χ1v) is 8.81. The zero-order chi connectivity index (χ0) is 20.0. The Morgan fingerprint density at radius 3 is 2.44 bits per heavy atom. The third kappa shape index (κ3) is 5.98. The van der Waals surface area contributed by atoms with E-state index in [9.17, 15) is 14.4 Å². The summed E-state index contributed by atoms with van der Waals surface area (Å²) in [5.41, 5.74) is 1.61. The summed E-state index contributed by atoms with van der Waals surface area (Å²) < 4.78 is 4.93. The van der Waals surface area contributed by atoms with E-state index >= 15 is 0 Å². The summed E-state index contributed by atoms with van der Waals surface area (Å²) in [7, 11) is 0. The van der Waals surface area contributed by atoms with E-state index in [1.165, 1.54) is 13.0 Å².